The van der Waals surface area contributed by atoms with E-state index < -0.39 is 10.0 Å². The highest BCUT2D eigenvalue weighted by Gasteiger charge is 2.23. The maximum Gasteiger partial charge on any atom is 0.255 e. The Bertz CT molecular complexity index is 989. The van der Waals surface area contributed by atoms with Gasteiger partial charge in [0.15, 0.2) is 0 Å². The first-order chi connectivity index (χ1) is 13.6. The number of aromatic nitrogens is 1. The zero-order valence-corrected chi connectivity index (χ0v) is 18.8. The summed E-state index contributed by atoms with van der Waals surface area (Å²) in [7, 11) is -1.80. The second kappa shape index (κ2) is 9.59. The van der Waals surface area contributed by atoms with Crippen LogP contribution in [0.3, 0.4) is 0 Å². The second-order valence-corrected chi connectivity index (χ2v) is 10.1. The maximum absolute atomic E-state index is 12.4. The summed E-state index contributed by atoms with van der Waals surface area (Å²) in [6.45, 7) is 8.34. The summed E-state index contributed by atoms with van der Waals surface area (Å²) in [6, 6.07) is 7.27. The van der Waals surface area contributed by atoms with Gasteiger partial charge in [-0.2, -0.15) is 0 Å². The smallest absolute Gasteiger partial charge is 0.255 e. The summed E-state index contributed by atoms with van der Waals surface area (Å²) in [5, 5.41) is 0. The Balaban J connectivity index is 2.50. The number of unbranched alkanes of at least 4 members (excludes halogenated alkanes) is 2. The maximum atomic E-state index is 12.4. The van der Waals surface area contributed by atoms with Crippen LogP contribution in [0.4, 0.5) is 0 Å². The predicted molar refractivity (Wildman–Crippen MR) is 118 cm³/mol. The molecule has 0 saturated heterocycles. The van der Waals surface area contributed by atoms with Crippen molar-refractivity contribution in [2.24, 2.45) is 0 Å². The average Bonchev–Trinajstić information content (AvgIpc) is 2.65. The minimum atomic E-state index is -3.40. The molecule has 1 heterocycles. The van der Waals surface area contributed by atoms with Gasteiger partial charge < -0.3 is 9.72 Å². The lowest BCUT2D eigenvalue weighted by Gasteiger charge is -2.24. The topological polar surface area (TPSA) is 88.3 Å². The number of aromatic amines is 1. The number of rotatable bonds is 9. The summed E-state index contributed by atoms with van der Waals surface area (Å²) < 4.78 is 33.0. The van der Waals surface area contributed by atoms with Crippen molar-refractivity contribution in [1.29, 1.82) is 0 Å². The molecule has 2 N–H and O–H groups in total. The van der Waals surface area contributed by atoms with Gasteiger partial charge in [-0.1, -0.05) is 40.5 Å². The number of hydrogen-bond acceptors (Lipinski definition) is 4. The third kappa shape index (κ3) is 6.18. The molecule has 1 aromatic heterocycles. The van der Waals surface area contributed by atoms with Gasteiger partial charge in [0.05, 0.1) is 12.9 Å². The van der Waals surface area contributed by atoms with Crippen LogP contribution in [0.15, 0.2) is 35.3 Å². The van der Waals surface area contributed by atoms with E-state index in [0.29, 0.717) is 28.9 Å². The second-order valence-electron chi connectivity index (χ2n) is 8.22. The zero-order chi connectivity index (χ0) is 21.7. The molecule has 6 nitrogen and oxygen atoms in total. The first kappa shape index (κ1) is 23.2. The van der Waals surface area contributed by atoms with Crippen molar-refractivity contribution in [1.82, 2.24) is 9.71 Å². The Labute approximate surface area is 173 Å². The summed E-state index contributed by atoms with van der Waals surface area (Å²) in [5.41, 5.74) is 2.43. The molecule has 2 rings (SSSR count). The third-order valence-corrected chi connectivity index (χ3v) is 6.25. The van der Waals surface area contributed by atoms with Gasteiger partial charge in [-0.15, -0.1) is 0 Å². The number of methoxy groups -OCH3 is 1. The molecular formula is C22H32N2O4S. The van der Waals surface area contributed by atoms with Gasteiger partial charge in [0.2, 0.25) is 10.0 Å². The largest absolute Gasteiger partial charge is 0.496 e. The Hall–Kier alpha value is -2.12. The molecule has 0 amide bonds. The number of benzene rings is 1. The Morgan fingerprint density at radius 3 is 2.45 bits per heavy atom. The van der Waals surface area contributed by atoms with Crippen molar-refractivity contribution in [3.8, 4) is 16.9 Å². The molecule has 0 saturated carbocycles. The molecule has 0 spiro atoms. The fourth-order valence-corrected chi connectivity index (χ4v) is 4.31. The molecule has 0 atom stereocenters. The van der Waals surface area contributed by atoms with E-state index in [1.165, 1.54) is 0 Å². The molecule has 160 valence electrons. The number of pyridine rings is 1. The SMILES string of the molecule is CCCCCS(=O)(=O)NCc1cc(OC)c(C(C)(C)C)cc1-c1ccc[nH]c1=O. The molecule has 0 aliphatic heterocycles. The monoisotopic (exact) mass is 420 g/mol. The highest BCUT2D eigenvalue weighted by molar-refractivity contribution is 7.89. The fraction of sp³-hybridized carbons (Fsp3) is 0.500. The average molecular weight is 421 g/mol. The lowest BCUT2D eigenvalue weighted by Crippen LogP contribution is -2.26. The van der Waals surface area contributed by atoms with E-state index in [1.807, 2.05) is 19.1 Å². The van der Waals surface area contributed by atoms with Crippen molar-refractivity contribution >= 4 is 10.0 Å². The van der Waals surface area contributed by atoms with E-state index in [4.69, 9.17) is 4.74 Å². The molecule has 0 bridgehead atoms. The first-order valence-corrected chi connectivity index (χ1v) is 11.6. The first-order valence-electron chi connectivity index (χ1n) is 9.96. The lowest BCUT2D eigenvalue weighted by molar-refractivity contribution is 0.397. The highest BCUT2D eigenvalue weighted by atomic mass is 32.2. The van der Waals surface area contributed by atoms with Crippen LogP contribution in [0.1, 0.15) is 58.1 Å². The molecule has 1 aromatic carbocycles. The van der Waals surface area contributed by atoms with Crippen molar-refractivity contribution < 1.29 is 13.2 Å². The van der Waals surface area contributed by atoms with Gasteiger partial charge in [-0.25, -0.2) is 13.1 Å². The van der Waals surface area contributed by atoms with Gasteiger partial charge in [0, 0.05) is 23.9 Å². The minimum absolute atomic E-state index is 0.0961. The van der Waals surface area contributed by atoms with Crippen molar-refractivity contribution in [2.45, 2.75) is 58.9 Å². The standard InChI is InChI=1S/C22H32N2O4S/c1-6-7-8-12-29(26,27)24-15-16-13-20(28-5)19(22(2,3)4)14-18(16)17-10-9-11-23-21(17)25/h9-11,13-14,24H,6-8,12,15H2,1-5H3,(H,23,25). The summed E-state index contributed by atoms with van der Waals surface area (Å²) >= 11 is 0. The van der Waals surface area contributed by atoms with E-state index >= 15 is 0 Å². The van der Waals surface area contributed by atoms with Gasteiger partial charge >= 0.3 is 0 Å². The van der Waals surface area contributed by atoms with Gasteiger partial charge in [-0.3, -0.25) is 4.79 Å². The van der Waals surface area contributed by atoms with E-state index in [2.05, 4.69) is 30.5 Å². The summed E-state index contributed by atoms with van der Waals surface area (Å²) in [6.07, 6.45) is 4.04. The van der Waals surface area contributed by atoms with Gasteiger partial charge in [0.25, 0.3) is 5.56 Å². The molecule has 0 fully saturated rings. The highest BCUT2D eigenvalue weighted by Crippen LogP contribution is 2.36. The zero-order valence-electron chi connectivity index (χ0n) is 18.0. The molecule has 0 unspecified atom stereocenters. The Kier molecular flexibility index (Phi) is 7.66. The van der Waals surface area contributed by atoms with Crippen molar-refractivity contribution in [3.63, 3.8) is 0 Å². The minimum Gasteiger partial charge on any atom is -0.496 e. The summed E-state index contributed by atoms with van der Waals surface area (Å²) in [5.74, 6) is 0.771. The molecule has 0 aliphatic rings. The molecular weight excluding hydrogens is 388 g/mol. The van der Waals surface area contributed by atoms with Crippen LogP contribution < -0.4 is 15.0 Å². The van der Waals surface area contributed by atoms with Crippen LogP contribution in [0.25, 0.3) is 11.1 Å². The molecule has 0 radical (unpaired) electrons. The van der Waals surface area contributed by atoms with Crippen LogP contribution in [0.2, 0.25) is 0 Å². The molecule has 0 aliphatic carbocycles. The third-order valence-electron chi connectivity index (χ3n) is 4.84. The number of hydrogen-bond donors (Lipinski definition) is 2. The van der Waals surface area contributed by atoms with Crippen LogP contribution >= 0.6 is 0 Å². The van der Waals surface area contributed by atoms with E-state index in [0.717, 1.165) is 18.4 Å². The van der Waals surface area contributed by atoms with E-state index in [-0.39, 0.29) is 23.3 Å². The van der Waals surface area contributed by atoms with Crippen LogP contribution in [0.5, 0.6) is 5.75 Å². The van der Waals surface area contributed by atoms with Gasteiger partial charge in [-0.05, 0) is 47.2 Å². The van der Waals surface area contributed by atoms with Gasteiger partial charge in [0.1, 0.15) is 5.75 Å². The lowest BCUT2D eigenvalue weighted by atomic mass is 9.83. The fourth-order valence-electron chi connectivity index (χ4n) is 3.21. The Morgan fingerprint density at radius 2 is 1.86 bits per heavy atom. The van der Waals surface area contributed by atoms with Crippen molar-refractivity contribution in [3.05, 3.63) is 51.9 Å². The summed E-state index contributed by atoms with van der Waals surface area (Å²) in [4.78, 5) is 15.1. The number of sulfonamides is 1. The number of ether oxygens (including phenoxy) is 1. The quantitative estimate of drug-likeness (QED) is 0.601. The Morgan fingerprint density at radius 1 is 1.14 bits per heavy atom. The van der Waals surface area contributed by atoms with Crippen LogP contribution in [-0.4, -0.2) is 26.3 Å². The number of nitrogens with one attached hydrogen (secondary N) is 2. The molecule has 29 heavy (non-hydrogen) atoms. The van der Waals surface area contributed by atoms with Crippen LogP contribution in [0, 0.1) is 0 Å². The molecule has 7 heteroatoms. The number of H-pyrrole nitrogens is 1. The van der Waals surface area contributed by atoms with Crippen molar-refractivity contribution in [2.75, 3.05) is 12.9 Å². The van der Waals surface area contributed by atoms with E-state index in [9.17, 15) is 13.2 Å². The predicted octanol–water partition coefficient (Wildman–Crippen LogP) is 3.96. The normalized spacial score (nSPS) is 12.2. The van der Waals surface area contributed by atoms with E-state index in [1.54, 1.807) is 25.4 Å². The molecule has 2 aromatic rings. The van der Waals surface area contributed by atoms with Crippen LogP contribution in [-0.2, 0) is 22.0 Å².